The fourth-order valence-electron chi connectivity index (χ4n) is 4.39. The van der Waals surface area contributed by atoms with Gasteiger partial charge in [0.15, 0.2) is 0 Å². The second kappa shape index (κ2) is 11.9. The molecule has 0 radical (unpaired) electrons. The van der Waals surface area contributed by atoms with Crippen LogP contribution in [0.15, 0.2) is 48.5 Å². The molecule has 0 aromatic heterocycles. The molecule has 33 heavy (non-hydrogen) atoms. The summed E-state index contributed by atoms with van der Waals surface area (Å²) in [4.78, 5) is 30.3. The number of methoxy groups -OCH3 is 1. The first kappa shape index (κ1) is 24.8. The van der Waals surface area contributed by atoms with E-state index in [4.69, 9.17) is 4.74 Å². The highest BCUT2D eigenvalue weighted by molar-refractivity contribution is 5.94. The normalized spacial score (nSPS) is 15.8. The third-order valence-corrected chi connectivity index (χ3v) is 6.30. The van der Waals surface area contributed by atoms with Gasteiger partial charge < -0.3 is 9.64 Å². The van der Waals surface area contributed by atoms with Crippen molar-refractivity contribution in [3.05, 3.63) is 75.3 Å². The van der Waals surface area contributed by atoms with E-state index in [1.54, 1.807) is 24.1 Å². The third kappa shape index (κ3) is 6.16. The number of nitro benzene ring substituents is 1. The molecule has 8 heteroatoms. The van der Waals surface area contributed by atoms with Crippen LogP contribution in [0.3, 0.4) is 0 Å². The molecule has 1 aliphatic rings. The Hall–Kier alpha value is -2.81. The predicted octanol–water partition coefficient (Wildman–Crippen LogP) is 3.43. The van der Waals surface area contributed by atoms with E-state index < -0.39 is 0 Å². The first-order chi connectivity index (χ1) is 16.0. The van der Waals surface area contributed by atoms with Gasteiger partial charge in [-0.1, -0.05) is 24.3 Å². The zero-order valence-corrected chi connectivity index (χ0v) is 19.8. The van der Waals surface area contributed by atoms with E-state index in [2.05, 4.69) is 9.80 Å². The van der Waals surface area contributed by atoms with Gasteiger partial charge in [0.05, 0.1) is 17.6 Å². The van der Waals surface area contributed by atoms with E-state index in [0.717, 1.165) is 43.9 Å². The molecule has 0 bridgehead atoms. The minimum atomic E-state index is -0.352. The summed E-state index contributed by atoms with van der Waals surface area (Å²) in [5.41, 5.74) is 2.66. The van der Waals surface area contributed by atoms with Crippen molar-refractivity contribution in [3.8, 4) is 0 Å². The average Bonchev–Trinajstić information content (AvgIpc) is 2.85. The second-order valence-electron chi connectivity index (χ2n) is 8.22. The van der Waals surface area contributed by atoms with Crippen molar-refractivity contribution < 1.29 is 14.5 Å². The number of amides is 1. The van der Waals surface area contributed by atoms with Crippen LogP contribution in [0.25, 0.3) is 0 Å². The molecule has 1 saturated heterocycles. The minimum Gasteiger partial charge on any atom is -0.383 e. The van der Waals surface area contributed by atoms with E-state index in [-0.39, 0.29) is 22.6 Å². The lowest BCUT2D eigenvalue weighted by Gasteiger charge is -2.39. The fraction of sp³-hybridized carbons (Fsp3) is 0.480. The Morgan fingerprint density at radius 2 is 1.73 bits per heavy atom. The summed E-state index contributed by atoms with van der Waals surface area (Å²) in [6.45, 7) is 10.4. The summed E-state index contributed by atoms with van der Waals surface area (Å²) in [7, 11) is 1.71. The summed E-state index contributed by atoms with van der Waals surface area (Å²) in [6, 6.07) is 14.5. The summed E-state index contributed by atoms with van der Waals surface area (Å²) >= 11 is 0. The number of nitro groups is 1. The first-order valence-corrected chi connectivity index (χ1v) is 11.6. The lowest BCUT2D eigenvalue weighted by molar-refractivity contribution is -0.384. The number of ether oxygens (including phenoxy) is 1. The van der Waals surface area contributed by atoms with Gasteiger partial charge in [-0.2, -0.15) is 0 Å². The molecule has 2 aromatic carbocycles. The summed E-state index contributed by atoms with van der Waals surface area (Å²) in [5.74, 6) is 0.0187. The molecular weight excluding hydrogens is 420 g/mol. The van der Waals surface area contributed by atoms with E-state index in [9.17, 15) is 14.9 Å². The Labute approximate surface area is 195 Å². The first-order valence-electron chi connectivity index (χ1n) is 11.6. The number of rotatable bonds is 10. The Morgan fingerprint density at radius 3 is 2.30 bits per heavy atom. The van der Waals surface area contributed by atoms with Crippen LogP contribution < -0.4 is 0 Å². The third-order valence-electron chi connectivity index (χ3n) is 6.30. The van der Waals surface area contributed by atoms with Crippen LogP contribution in [-0.4, -0.2) is 85.1 Å². The maximum Gasteiger partial charge on any atom is 0.269 e. The maximum absolute atomic E-state index is 12.7. The van der Waals surface area contributed by atoms with Crippen molar-refractivity contribution in [2.75, 3.05) is 59.5 Å². The van der Waals surface area contributed by atoms with Gasteiger partial charge in [0.2, 0.25) is 0 Å². The van der Waals surface area contributed by atoms with Crippen molar-refractivity contribution in [1.29, 1.82) is 0 Å². The molecule has 8 nitrogen and oxygen atoms in total. The molecule has 0 aliphatic carbocycles. The molecule has 1 fully saturated rings. The molecule has 0 spiro atoms. The minimum absolute atomic E-state index is 0.0187. The quantitative estimate of drug-likeness (QED) is 0.404. The van der Waals surface area contributed by atoms with Crippen LogP contribution in [0.4, 0.5) is 5.69 Å². The number of carbonyl (C=O) groups excluding carboxylic acids is 1. The van der Waals surface area contributed by atoms with Gasteiger partial charge in [-0.05, 0) is 37.1 Å². The topological polar surface area (TPSA) is 79.2 Å². The average molecular weight is 455 g/mol. The molecular formula is C25H34N4O4. The lowest BCUT2D eigenvalue weighted by Crippen LogP contribution is -2.48. The number of carbonyl (C=O) groups is 1. The van der Waals surface area contributed by atoms with Crippen molar-refractivity contribution >= 4 is 11.6 Å². The summed E-state index contributed by atoms with van der Waals surface area (Å²) in [5, 5.41) is 11.4. The van der Waals surface area contributed by atoms with Crippen molar-refractivity contribution in [1.82, 2.24) is 14.7 Å². The molecule has 178 valence electrons. The van der Waals surface area contributed by atoms with Crippen molar-refractivity contribution in [3.63, 3.8) is 0 Å². The Kier molecular flexibility index (Phi) is 8.94. The van der Waals surface area contributed by atoms with E-state index in [1.165, 1.54) is 6.07 Å². The van der Waals surface area contributed by atoms with Crippen LogP contribution >= 0.6 is 0 Å². The van der Waals surface area contributed by atoms with Gasteiger partial charge in [-0.15, -0.1) is 0 Å². The molecule has 3 rings (SSSR count). The maximum atomic E-state index is 12.7. The Bertz CT molecular complexity index is 922. The van der Waals surface area contributed by atoms with Gasteiger partial charge >= 0.3 is 0 Å². The molecule has 1 unspecified atom stereocenters. The standard InChI is InChI=1S/C25H34N4O4/c1-4-27(5-2)25(30)21-11-9-20(10-12-21)24(22-7-6-8-23(19-22)29(31)32)28-15-13-26(14-16-28)17-18-33-3/h6-12,19,24H,4-5,13-18H2,1-3H3. The Balaban J connectivity index is 1.89. The van der Waals surface area contributed by atoms with Crippen molar-refractivity contribution in [2.24, 2.45) is 0 Å². The number of non-ortho nitro benzene ring substituents is 1. The smallest absolute Gasteiger partial charge is 0.269 e. The fourth-order valence-corrected chi connectivity index (χ4v) is 4.39. The van der Waals surface area contributed by atoms with Crippen LogP contribution in [0.5, 0.6) is 0 Å². The van der Waals surface area contributed by atoms with E-state index >= 15 is 0 Å². The van der Waals surface area contributed by atoms with E-state index in [0.29, 0.717) is 25.3 Å². The largest absolute Gasteiger partial charge is 0.383 e. The molecule has 2 aromatic rings. The molecule has 1 atom stereocenters. The molecule has 1 aliphatic heterocycles. The van der Waals surface area contributed by atoms with Crippen LogP contribution in [-0.2, 0) is 4.74 Å². The Morgan fingerprint density at radius 1 is 1.06 bits per heavy atom. The van der Waals surface area contributed by atoms with Crippen LogP contribution in [0.2, 0.25) is 0 Å². The highest BCUT2D eigenvalue weighted by Crippen LogP contribution is 2.32. The van der Waals surface area contributed by atoms with Gasteiger partial charge in [-0.3, -0.25) is 24.7 Å². The van der Waals surface area contributed by atoms with Gasteiger partial charge in [0, 0.05) is 70.6 Å². The van der Waals surface area contributed by atoms with Gasteiger partial charge in [0.1, 0.15) is 0 Å². The summed E-state index contributed by atoms with van der Waals surface area (Å²) in [6.07, 6.45) is 0. The highest BCUT2D eigenvalue weighted by atomic mass is 16.6. The molecule has 0 saturated carbocycles. The van der Waals surface area contributed by atoms with Gasteiger partial charge in [0.25, 0.3) is 11.6 Å². The van der Waals surface area contributed by atoms with Crippen LogP contribution in [0, 0.1) is 10.1 Å². The number of nitrogens with zero attached hydrogens (tertiary/aromatic N) is 4. The van der Waals surface area contributed by atoms with Crippen molar-refractivity contribution in [2.45, 2.75) is 19.9 Å². The molecule has 0 N–H and O–H groups in total. The molecule has 1 amide bonds. The molecule has 1 heterocycles. The monoisotopic (exact) mass is 454 g/mol. The van der Waals surface area contributed by atoms with E-state index in [1.807, 2.05) is 44.2 Å². The summed E-state index contributed by atoms with van der Waals surface area (Å²) < 4.78 is 5.21. The van der Waals surface area contributed by atoms with Crippen LogP contribution in [0.1, 0.15) is 41.4 Å². The number of hydrogen-bond acceptors (Lipinski definition) is 6. The number of hydrogen-bond donors (Lipinski definition) is 0. The lowest BCUT2D eigenvalue weighted by atomic mass is 9.95. The zero-order chi connectivity index (χ0) is 23.8. The predicted molar refractivity (Wildman–Crippen MR) is 129 cm³/mol. The number of benzene rings is 2. The second-order valence-corrected chi connectivity index (χ2v) is 8.22. The SMILES string of the molecule is CCN(CC)C(=O)c1ccc(C(c2cccc([N+](=O)[O-])c2)N2CCN(CCOC)CC2)cc1. The zero-order valence-electron chi connectivity index (χ0n) is 19.8. The highest BCUT2D eigenvalue weighted by Gasteiger charge is 2.27. The number of piperazine rings is 1. The van der Waals surface area contributed by atoms with Gasteiger partial charge in [-0.25, -0.2) is 0 Å².